The predicted octanol–water partition coefficient (Wildman–Crippen LogP) is 2.55. The summed E-state index contributed by atoms with van der Waals surface area (Å²) in [6.07, 6.45) is 3.06. The van der Waals surface area contributed by atoms with Crippen LogP contribution < -0.4 is 10.2 Å². The predicted molar refractivity (Wildman–Crippen MR) is 106 cm³/mol. The van der Waals surface area contributed by atoms with E-state index in [2.05, 4.69) is 50.5 Å². The third-order valence-electron chi connectivity index (χ3n) is 4.54. The molecule has 1 fully saturated rings. The molecule has 26 heavy (non-hydrogen) atoms. The van der Waals surface area contributed by atoms with Gasteiger partial charge in [-0.15, -0.1) is 0 Å². The zero-order chi connectivity index (χ0) is 18.4. The zero-order valence-corrected chi connectivity index (χ0v) is 16.0. The first-order valence-electron chi connectivity index (χ1n) is 9.24. The highest BCUT2D eigenvalue weighted by Crippen LogP contribution is 2.16. The Balaban J connectivity index is 1.57. The number of benzene rings is 1. The SMILES string of the molecule is Cc1cnc(NCC2CN(Cc3ccccc3)CCCO2)nc1N(C)C. The first-order valence-corrected chi connectivity index (χ1v) is 9.24. The van der Waals surface area contributed by atoms with Gasteiger partial charge in [0.25, 0.3) is 0 Å². The summed E-state index contributed by atoms with van der Waals surface area (Å²) in [6, 6.07) is 10.6. The first-order chi connectivity index (χ1) is 12.6. The summed E-state index contributed by atoms with van der Waals surface area (Å²) >= 11 is 0. The van der Waals surface area contributed by atoms with Crippen LogP contribution in [-0.4, -0.2) is 61.3 Å². The van der Waals surface area contributed by atoms with Crippen LogP contribution in [0.15, 0.2) is 36.5 Å². The van der Waals surface area contributed by atoms with Crippen LogP contribution in [0.3, 0.4) is 0 Å². The van der Waals surface area contributed by atoms with Gasteiger partial charge < -0.3 is 15.0 Å². The van der Waals surface area contributed by atoms with E-state index in [0.717, 1.165) is 44.0 Å². The van der Waals surface area contributed by atoms with Gasteiger partial charge in [0.2, 0.25) is 5.95 Å². The van der Waals surface area contributed by atoms with E-state index >= 15 is 0 Å². The van der Waals surface area contributed by atoms with Crippen molar-refractivity contribution in [2.24, 2.45) is 0 Å². The maximum absolute atomic E-state index is 6.02. The fourth-order valence-electron chi connectivity index (χ4n) is 3.25. The van der Waals surface area contributed by atoms with Crippen molar-refractivity contribution in [2.75, 3.05) is 50.6 Å². The topological polar surface area (TPSA) is 53.5 Å². The van der Waals surface area contributed by atoms with E-state index in [1.54, 1.807) is 0 Å². The third kappa shape index (κ3) is 5.16. The summed E-state index contributed by atoms with van der Waals surface area (Å²) < 4.78 is 6.02. The zero-order valence-electron chi connectivity index (χ0n) is 16.0. The molecule has 0 amide bonds. The molecule has 1 aliphatic heterocycles. The molecule has 140 valence electrons. The maximum Gasteiger partial charge on any atom is 0.224 e. The van der Waals surface area contributed by atoms with Crippen LogP contribution >= 0.6 is 0 Å². The van der Waals surface area contributed by atoms with E-state index in [4.69, 9.17) is 4.74 Å². The van der Waals surface area contributed by atoms with E-state index in [1.165, 1.54) is 5.56 Å². The molecule has 1 saturated heterocycles. The highest BCUT2D eigenvalue weighted by molar-refractivity contribution is 5.47. The van der Waals surface area contributed by atoms with Crippen LogP contribution in [0.5, 0.6) is 0 Å². The minimum atomic E-state index is 0.133. The average molecular weight is 355 g/mol. The average Bonchev–Trinajstić information content (AvgIpc) is 2.87. The van der Waals surface area contributed by atoms with E-state index in [9.17, 15) is 0 Å². The standard InChI is InChI=1S/C20H29N5O/c1-16-12-21-20(23-19(16)24(2)3)22-13-18-15-25(10-7-11-26-18)14-17-8-5-4-6-9-17/h4-6,8-9,12,18H,7,10-11,13-15H2,1-3H3,(H,21,22,23). The van der Waals surface area contributed by atoms with Gasteiger partial charge >= 0.3 is 0 Å². The number of rotatable bonds is 6. The molecule has 2 heterocycles. The van der Waals surface area contributed by atoms with Gasteiger partial charge in [-0.25, -0.2) is 4.98 Å². The van der Waals surface area contributed by atoms with Crippen molar-refractivity contribution >= 4 is 11.8 Å². The fourth-order valence-corrected chi connectivity index (χ4v) is 3.25. The third-order valence-corrected chi connectivity index (χ3v) is 4.54. The molecule has 6 nitrogen and oxygen atoms in total. The number of aryl methyl sites for hydroxylation is 1. The van der Waals surface area contributed by atoms with Crippen molar-refractivity contribution in [3.63, 3.8) is 0 Å². The molecule has 1 N–H and O–H groups in total. The molecule has 0 aliphatic carbocycles. The van der Waals surface area contributed by atoms with Crippen molar-refractivity contribution in [1.82, 2.24) is 14.9 Å². The van der Waals surface area contributed by atoms with Gasteiger partial charge in [0, 0.05) is 58.6 Å². The Morgan fingerprint density at radius 2 is 2.08 bits per heavy atom. The molecular formula is C20H29N5O. The van der Waals surface area contributed by atoms with Crippen molar-refractivity contribution < 1.29 is 4.74 Å². The summed E-state index contributed by atoms with van der Waals surface area (Å²) in [6.45, 7) is 6.48. The second-order valence-corrected chi connectivity index (χ2v) is 7.04. The molecule has 6 heteroatoms. The van der Waals surface area contributed by atoms with E-state index < -0.39 is 0 Å². The lowest BCUT2D eigenvalue weighted by Crippen LogP contribution is -2.35. The minimum absolute atomic E-state index is 0.133. The van der Waals surface area contributed by atoms with Gasteiger partial charge in [-0.05, 0) is 18.9 Å². The summed E-state index contributed by atoms with van der Waals surface area (Å²) in [5, 5.41) is 3.35. The van der Waals surface area contributed by atoms with Gasteiger partial charge in [-0.2, -0.15) is 4.98 Å². The van der Waals surface area contributed by atoms with Crippen LogP contribution in [0.2, 0.25) is 0 Å². The lowest BCUT2D eigenvalue weighted by Gasteiger charge is -2.24. The summed E-state index contributed by atoms with van der Waals surface area (Å²) in [5.41, 5.74) is 2.42. The Bertz CT molecular complexity index is 692. The Kier molecular flexibility index (Phi) is 6.41. The van der Waals surface area contributed by atoms with Crippen LogP contribution in [-0.2, 0) is 11.3 Å². The van der Waals surface area contributed by atoms with E-state index in [-0.39, 0.29) is 6.10 Å². The second kappa shape index (κ2) is 8.96. The molecular weight excluding hydrogens is 326 g/mol. The molecule has 1 aromatic carbocycles. The Labute approximate surface area is 156 Å². The number of hydrogen-bond acceptors (Lipinski definition) is 6. The smallest absolute Gasteiger partial charge is 0.224 e. The van der Waals surface area contributed by atoms with Crippen LogP contribution in [0, 0.1) is 6.92 Å². The van der Waals surface area contributed by atoms with E-state index in [0.29, 0.717) is 12.5 Å². The lowest BCUT2D eigenvalue weighted by molar-refractivity contribution is 0.0624. The van der Waals surface area contributed by atoms with Crippen molar-refractivity contribution in [1.29, 1.82) is 0 Å². The maximum atomic E-state index is 6.02. The van der Waals surface area contributed by atoms with Crippen LogP contribution in [0.4, 0.5) is 11.8 Å². The molecule has 0 spiro atoms. The highest BCUT2D eigenvalue weighted by atomic mass is 16.5. The normalized spacial score (nSPS) is 18.3. The van der Waals surface area contributed by atoms with Crippen molar-refractivity contribution in [2.45, 2.75) is 26.0 Å². The minimum Gasteiger partial charge on any atom is -0.375 e. The monoisotopic (exact) mass is 355 g/mol. The number of aromatic nitrogens is 2. The summed E-state index contributed by atoms with van der Waals surface area (Å²) in [7, 11) is 3.99. The number of nitrogens with one attached hydrogen (secondary N) is 1. The second-order valence-electron chi connectivity index (χ2n) is 7.04. The Hall–Kier alpha value is -2.18. The van der Waals surface area contributed by atoms with Gasteiger partial charge in [0.15, 0.2) is 0 Å². The highest BCUT2D eigenvalue weighted by Gasteiger charge is 2.19. The quantitative estimate of drug-likeness (QED) is 0.859. The molecule has 1 atom stereocenters. The molecule has 1 aliphatic rings. The van der Waals surface area contributed by atoms with Gasteiger partial charge in [-0.3, -0.25) is 4.90 Å². The Morgan fingerprint density at radius 1 is 1.27 bits per heavy atom. The fraction of sp³-hybridized carbons (Fsp3) is 0.500. The molecule has 0 radical (unpaired) electrons. The molecule has 0 saturated carbocycles. The van der Waals surface area contributed by atoms with Crippen LogP contribution in [0.1, 0.15) is 17.5 Å². The molecule has 1 unspecified atom stereocenters. The number of ether oxygens (including phenoxy) is 1. The molecule has 3 rings (SSSR count). The molecule has 1 aromatic heterocycles. The first kappa shape index (κ1) is 18.6. The summed E-state index contributed by atoms with van der Waals surface area (Å²) in [4.78, 5) is 13.5. The van der Waals surface area contributed by atoms with Crippen molar-refractivity contribution in [3.05, 3.63) is 47.7 Å². The molecule has 0 bridgehead atoms. The molecule has 2 aromatic rings. The van der Waals surface area contributed by atoms with Crippen LogP contribution in [0.25, 0.3) is 0 Å². The number of nitrogens with zero attached hydrogens (tertiary/aromatic N) is 4. The number of anilines is 2. The lowest BCUT2D eigenvalue weighted by atomic mass is 10.2. The summed E-state index contributed by atoms with van der Waals surface area (Å²) in [5.74, 6) is 1.59. The van der Waals surface area contributed by atoms with Gasteiger partial charge in [0.1, 0.15) is 5.82 Å². The van der Waals surface area contributed by atoms with Crippen molar-refractivity contribution in [3.8, 4) is 0 Å². The Morgan fingerprint density at radius 3 is 2.85 bits per heavy atom. The van der Waals surface area contributed by atoms with Gasteiger partial charge in [-0.1, -0.05) is 30.3 Å². The van der Waals surface area contributed by atoms with Gasteiger partial charge in [0.05, 0.1) is 6.10 Å². The number of hydrogen-bond donors (Lipinski definition) is 1. The van der Waals surface area contributed by atoms with E-state index in [1.807, 2.05) is 32.1 Å². The largest absolute Gasteiger partial charge is 0.375 e.